The Morgan fingerprint density at radius 2 is 1.42 bits per heavy atom. The van der Waals surface area contributed by atoms with Crippen LogP contribution in [0, 0.1) is 0 Å². The number of benzene rings is 1. The highest BCUT2D eigenvalue weighted by molar-refractivity contribution is 9.10. The van der Waals surface area contributed by atoms with Crippen molar-refractivity contribution in [2.75, 3.05) is 0 Å². The number of carbonyl (C=O) groups is 2. The van der Waals surface area contributed by atoms with Crippen LogP contribution in [0.25, 0.3) is 0 Å². The average Bonchev–Trinajstić information content (AvgIpc) is 2.07. The molecule has 0 radical (unpaired) electrons. The second kappa shape index (κ2) is 10.0. The van der Waals surface area contributed by atoms with Gasteiger partial charge in [-0.05, 0) is 12.1 Å². The molecule has 0 atom stereocenters. The molecule has 0 fully saturated rings. The molecule has 4 heteroatoms. The molecule has 0 aliphatic rings. The first kappa shape index (κ1) is 13.6. The van der Waals surface area contributed by atoms with E-state index in [0.29, 0.717) is 0 Å². The van der Waals surface area contributed by atoms with Crippen LogP contribution in [0.4, 0.5) is 0 Å². The lowest BCUT2D eigenvalue weighted by Gasteiger charge is -1.80. The van der Waals surface area contributed by atoms with Gasteiger partial charge in [0.25, 0.3) is 0 Å². The molecule has 12 heavy (non-hydrogen) atoms. The lowest BCUT2D eigenvalue weighted by Crippen LogP contribution is -1.62. The molecule has 1 aromatic carbocycles. The van der Waals surface area contributed by atoms with E-state index >= 15 is 0 Å². The van der Waals surface area contributed by atoms with Crippen LogP contribution in [0.3, 0.4) is 0 Å². The van der Waals surface area contributed by atoms with Crippen LogP contribution in [0.2, 0.25) is 0 Å². The van der Waals surface area contributed by atoms with Crippen LogP contribution in [-0.2, 0) is 9.59 Å². The molecule has 0 amide bonds. The summed E-state index contributed by atoms with van der Waals surface area (Å²) in [6, 6.07) is 9.97. The molecule has 0 unspecified atom stereocenters. The smallest absolute Gasteiger partial charge is 0.182 e. The van der Waals surface area contributed by atoms with Crippen LogP contribution in [0.15, 0.2) is 34.8 Å². The molecule has 0 aromatic heterocycles. The van der Waals surface area contributed by atoms with Gasteiger partial charge in [-0.15, -0.1) is 0 Å². The summed E-state index contributed by atoms with van der Waals surface area (Å²) in [5.41, 5.74) is 0. The highest BCUT2D eigenvalue weighted by atomic mass is 79.9. The molecule has 0 bridgehead atoms. The Morgan fingerprint density at radius 3 is 1.58 bits per heavy atom. The van der Waals surface area contributed by atoms with Crippen molar-refractivity contribution < 1.29 is 15.1 Å². The zero-order chi connectivity index (χ0) is 8.53. The topological polar surface area (TPSA) is 65.6 Å². The second-order valence-corrected chi connectivity index (χ2v) is 2.48. The summed E-state index contributed by atoms with van der Waals surface area (Å²) in [6.07, 6.45) is 0.389. The molecule has 0 saturated heterocycles. The summed E-state index contributed by atoms with van der Waals surface area (Å²) >= 11 is 3.31. The number of halogens is 1. The van der Waals surface area contributed by atoms with Crippen molar-refractivity contribution in [3.05, 3.63) is 34.8 Å². The first-order valence-corrected chi connectivity index (χ1v) is 3.70. The van der Waals surface area contributed by atoms with Crippen molar-refractivity contribution in [2.24, 2.45) is 0 Å². The van der Waals surface area contributed by atoms with Gasteiger partial charge in [-0.1, -0.05) is 34.1 Å². The van der Waals surface area contributed by atoms with Crippen molar-refractivity contribution in [2.45, 2.75) is 0 Å². The first-order chi connectivity index (χ1) is 5.31. The van der Waals surface area contributed by atoms with Crippen molar-refractivity contribution >= 4 is 28.5 Å². The lowest BCUT2D eigenvalue weighted by molar-refractivity contribution is -0.122. The van der Waals surface area contributed by atoms with Gasteiger partial charge in [0.2, 0.25) is 0 Å². The van der Waals surface area contributed by atoms with E-state index in [-0.39, 0.29) is 18.0 Å². The fraction of sp³-hybridized carbons (Fsp3) is 0. The predicted molar refractivity (Wildman–Crippen MR) is 49.9 cm³/mol. The average molecular weight is 233 g/mol. The molecule has 2 N–H and O–H groups in total. The van der Waals surface area contributed by atoms with E-state index < -0.39 is 0 Å². The zero-order valence-electron chi connectivity index (χ0n) is 6.24. The van der Waals surface area contributed by atoms with Crippen molar-refractivity contribution in [1.82, 2.24) is 0 Å². The normalized spacial score (nSPS) is 6.75. The van der Waals surface area contributed by atoms with Crippen molar-refractivity contribution in [3.8, 4) is 0 Å². The largest absolute Gasteiger partial charge is 0.412 e. The standard InChI is InChI=1S/C6H5Br.C2H2O2.H2O/c7-6-4-2-1-3-5-6;3-1-2-4;/h1-5H;1-2H;1H2. The van der Waals surface area contributed by atoms with Gasteiger partial charge in [0.1, 0.15) is 0 Å². The van der Waals surface area contributed by atoms with Crippen molar-refractivity contribution in [3.63, 3.8) is 0 Å². The number of rotatable bonds is 1. The lowest BCUT2D eigenvalue weighted by atomic mass is 10.4. The third-order valence-corrected chi connectivity index (χ3v) is 1.32. The molecule has 0 aliphatic carbocycles. The van der Waals surface area contributed by atoms with E-state index in [1.54, 1.807) is 0 Å². The van der Waals surface area contributed by atoms with Gasteiger partial charge in [-0.3, -0.25) is 9.59 Å². The SMILES string of the molecule is Brc1ccccc1.O.O=CC=O. The Morgan fingerprint density at radius 1 is 1.00 bits per heavy atom. The molecule has 66 valence electrons. The number of hydrogen-bond donors (Lipinski definition) is 0. The molecular weight excluding hydrogens is 224 g/mol. The Kier molecular flexibility index (Phi) is 11.3. The minimum absolute atomic E-state index is 0. The minimum atomic E-state index is 0. The Labute approximate surface area is 78.8 Å². The third kappa shape index (κ3) is 9.00. The maximum Gasteiger partial charge on any atom is 0.182 e. The van der Waals surface area contributed by atoms with Gasteiger partial charge in [-0.25, -0.2) is 0 Å². The monoisotopic (exact) mass is 232 g/mol. The Balaban J connectivity index is 0. The van der Waals surface area contributed by atoms with Crippen LogP contribution >= 0.6 is 15.9 Å². The van der Waals surface area contributed by atoms with Crippen LogP contribution < -0.4 is 0 Å². The van der Waals surface area contributed by atoms with E-state index in [1.165, 1.54) is 0 Å². The predicted octanol–water partition coefficient (Wildman–Crippen LogP) is 1.01. The maximum absolute atomic E-state index is 8.81. The van der Waals surface area contributed by atoms with Gasteiger partial charge in [0, 0.05) is 4.47 Å². The highest BCUT2D eigenvalue weighted by Gasteiger charge is 1.74. The van der Waals surface area contributed by atoms with E-state index in [4.69, 9.17) is 9.59 Å². The second-order valence-electron chi connectivity index (χ2n) is 1.57. The van der Waals surface area contributed by atoms with E-state index in [2.05, 4.69) is 15.9 Å². The Bertz CT molecular complexity index is 205. The Hall–Kier alpha value is -1.00. The summed E-state index contributed by atoms with van der Waals surface area (Å²) in [6.45, 7) is 0. The van der Waals surface area contributed by atoms with E-state index in [0.717, 1.165) is 4.47 Å². The fourth-order valence-electron chi connectivity index (χ4n) is 0.415. The summed E-state index contributed by atoms with van der Waals surface area (Å²) in [5.74, 6) is 0. The van der Waals surface area contributed by atoms with Crippen LogP contribution in [0.1, 0.15) is 0 Å². The molecule has 0 spiro atoms. The van der Waals surface area contributed by atoms with E-state index in [9.17, 15) is 0 Å². The summed E-state index contributed by atoms with van der Waals surface area (Å²) in [4.78, 5) is 17.6. The van der Waals surface area contributed by atoms with Crippen LogP contribution in [-0.4, -0.2) is 18.0 Å². The number of aldehydes is 2. The molecule has 0 heterocycles. The molecular formula is C8H9BrO3. The van der Waals surface area contributed by atoms with Gasteiger partial charge in [0.05, 0.1) is 0 Å². The van der Waals surface area contributed by atoms with Gasteiger partial charge in [0.15, 0.2) is 12.6 Å². The molecule has 1 aromatic rings. The van der Waals surface area contributed by atoms with Crippen LogP contribution in [0.5, 0.6) is 0 Å². The first-order valence-electron chi connectivity index (χ1n) is 2.90. The number of carbonyl (C=O) groups excluding carboxylic acids is 2. The molecule has 0 aliphatic heterocycles. The summed E-state index contributed by atoms with van der Waals surface area (Å²) < 4.78 is 1.13. The molecule has 3 nitrogen and oxygen atoms in total. The number of hydrogen-bond acceptors (Lipinski definition) is 2. The summed E-state index contributed by atoms with van der Waals surface area (Å²) in [7, 11) is 0. The maximum atomic E-state index is 8.81. The fourth-order valence-corrected chi connectivity index (χ4v) is 0.720. The van der Waals surface area contributed by atoms with Crippen molar-refractivity contribution in [1.29, 1.82) is 0 Å². The zero-order valence-corrected chi connectivity index (χ0v) is 7.82. The summed E-state index contributed by atoms with van der Waals surface area (Å²) in [5, 5.41) is 0. The third-order valence-electron chi connectivity index (χ3n) is 0.789. The van der Waals surface area contributed by atoms with Gasteiger partial charge < -0.3 is 5.48 Å². The van der Waals surface area contributed by atoms with E-state index in [1.807, 2.05) is 30.3 Å². The molecule has 1 rings (SSSR count). The van der Waals surface area contributed by atoms with Gasteiger partial charge >= 0.3 is 0 Å². The quantitative estimate of drug-likeness (QED) is 0.536. The minimum Gasteiger partial charge on any atom is -0.412 e. The van der Waals surface area contributed by atoms with Gasteiger partial charge in [-0.2, -0.15) is 0 Å². The molecule has 0 saturated carbocycles. The highest BCUT2D eigenvalue weighted by Crippen LogP contribution is 2.05.